The molecule has 0 spiro atoms. The molecule has 3 aromatic rings. The Balaban J connectivity index is 1.96. The van der Waals surface area contributed by atoms with Crippen LogP contribution in [0.3, 0.4) is 0 Å². The van der Waals surface area contributed by atoms with Crippen LogP contribution >= 0.6 is 11.6 Å². The largest absolute Gasteiger partial charge is 0.457 e. The van der Waals surface area contributed by atoms with Crippen LogP contribution in [0.15, 0.2) is 72.9 Å². The maximum Gasteiger partial charge on any atom is 0.136 e. The Morgan fingerprint density at radius 3 is 2.30 bits per heavy atom. The average Bonchev–Trinajstić information content (AvgIpc) is 2.51. The summed E-state index contributed by atoms with van der Waals surface area (Å²) in [5.41, 5.74) is 1.85. The highest BCUT2D eigenvalue weighted by Crippen LogP contribution is 2.32. The molecule has 20 heavy (non-hydrogen) atoms. The molecule has 0 saturated heterocycles. The fourth-order valence-electron chi connectivity index (χ4n) is 1.92. The van der Waals surface area contributed by atoms with Gasteiger partial charge in [0.05, 0.1) is 5.69 Å². The van der Waals surface area contributed by atoms with Crippen LogP contribution in [0.2, 0.25) is 5.02 Å². The van der Waals surface area contributed by atoms with Gasteiger partial charge in [0.15, 0.2) is 0 Å². The summed E-state index contributed by atoms with van der Waals surface area (Å²) in [6.45, 7) is 0. The second-order valence-corrected chi connectivity index (χ2v) is 4.70. The predicted octanol–water partition coefficient (Wildman–Crippen LogP) is 5.19. The van der Waals surface area contributed by atoms with Gasteiger partial charge >= 0.3 is 0 Å². The van der Waals surface area contributed by atoms with Crippen LogP contribution in [0.5, 0.6) is 11.5 Å². The maximum absolute atomic E-state index is 5.92. The highest BCUT2D eigenvalue weighted by Gasteiger charge is 2.07. The summed E-state index contributed by atoms with van der Waals surface area (Å²) in [6.07, 6.45) is 1.77. The van der Waals surface area contributed by atoms with Crippen LogP contribution in [0.25, 0.3) is 11.3 Å². The first kappa shape index (κ1) is 12.7. The lowest BCUT2D eigenvalue weighted by molar-refractivity contribution is 0.484. The van der Waals surface area contributed by atoms with E-state index in [1.165, 1.54) is 0 Å². The van der Waals surface area contributed by atoms with E-state index in [9.17, 15) is 0 Å². The van der Waals surface area contributed by atoms with Gasteiger partial charge in [-0.15, -0.1) is 0 Å². The van der Waals surface area contributed by atoms with Crippen molar-refractivity contribution in [1.29, 1.82) is 0 Å². The summed E-state index contributed by atoms with van der Waals surface area (Å²) < 4.78 is 5.92. The van der Waals surface area contributed by atoms with E-state index in [0.29, 0.717) is 5.02 Å². The molecule has 0 amide bonds. The number of benzene rings is 2. The van der Waals surface area contributed by atoms with E-state index in [4.69, 9.17) is 16.3 Å². The monoisotopic (exact) mass is 281 g/mol. The van der Waals surface area contributed by atoms with Gasteiger partial charge in [0.2, 0.25) is 0 Å². The van der Waals surface area contributed by atoms with Gasteiger partial charge in [-0.3, -0.25) is 4.98 Å². The Morgan fingerprint density at radius 1 is 0.800 bits per heavy atom. The van der Waals surface area contributed by atoms with Crippen LogP contribution in [0.1, 0.15) is 0 Å². The molecule has 0 saturated carbocycles. The molecular weight excluding hydrogens is 270 g/mol. The SMILES string of the molecule is Clc1ccc(Oc2ccccc2-c2ccccn2)cc1. The molecule has 1 aromatic heterocycles. The van der Waals surface area contributed by atoms with Crippen molar-refractivity contribution < 1.29 is 4.74 Å². The van der Waals surface area contributed by atoms with Gasteiger partial charge < -0.3 is 4.74 Å². The highest BCUT2D eigenvalue weighted by atomic mass is 35.5. The molecule has 2 aromatic carbocycles. The van der Waals surface area contributed by atoms with Crippen molar-refractivity contribution in [3.8, 4) is 22.8 Å². The predicted molar refractivity (Wildman–Crippen MR) is 81.2 cm³/mol. The minimum absolute atomic E-state index is 0.690. The van der Waals surface area contributed by atoms with Crippen molar-refractivity contribution in [3.05, 3.63) is 77.9 Å². The van der Waals surface area contributed by atoms with Gasteiger partial charge in [-0.05, 0) is 48.5 Å². The zero-order chi connectivity index (χ0) is 13.8. The molecule has 3 rings (SSSR count). The van der Waals surface area contributed by atoms with Crippen LogP contribution in [0.4, 0.5) is 0 Å². The number of hydrogen-bond acceptors (Lipinski definition) is 2. The second kappa shape index (κ2) is 5.76. The Hall–Kier alpha value is -2.32. The maximum atomic E-state index is 5.92. The number of aromatic nitrogens is 1. The van der Waals surface area contributed by atoms with Crippen molar-refractivity contribution in [2.75, 3.05) is 0 Å². The zero-order valence-electron chi connectivity index (χ0n) is 10.7. The summed E-state index contributed by atoms with van der Waals surface area (Å²) in [7, 11) is 0. The molecule has 0 unspecified atom stereocenters. The third kappa shape index (κ3) is 2.81. The average molecular weight is 282 g/mol. The van der Waals surface area contributed by atoms with Crippen molar-refractivity contribution >= 4 is 11.6 Å². The Morgan fingerprint density at radius 2 is 1.55 bits per heavy atom. The Bertz CT molecular complexity index is 696. The number of pyridine rings is 1. The molecule has 0 aliphatic rings. The van der Waals surface area contributed by atoms with Crippen molar-refractivity contribution in [3.63, 3.8) is 0 Å². The number of para-hydroxylation sites is 1. The number of hydrogen-bond donors (Lipinski definition) is 0. The number of ether oxygens (including phenoxy) is 1. The van der Waals surface area contributed by atoms with E-state index in [1.807, 2.05) is 54.6 Å². The van der Waals surface area contributed by atoms with E-state index in [2.05, 4.69) is 4.98 Å². The molecule has 0 aliphatic heterocycles. The fourth-order valence-corrected chi connectivity index (χ4v) is 2.04. The highest BCUT2D eigenvalue weighted by molar-refractivity contribution is 6.30. The third-order valence-electron chi connectivity index (χ3n) is 2.87. The van der Waals surface area contributed by atoms with Crippen molar-refractivity contribution in [2.24, 2.45) is 0 Å². The van der Waals surface area contributed by atoms with E-state index < -0.39 is 0 Å². The lowest BCUT2D eigenvalue weighted by Crippen LogP contribution is -1.89. The summed E-state index contributed by atoms with van der Waals surface area (Å²) in [5, 5.41) is 0.690. The molecule has 0 radical (unpaired) electrons. The van der Waals surface area contributed by atoms with Gasteiger partial charge in [-0.2, -0.15) is 0 Å². The van der Waals surface area contributed by atoms with E-state index >= 15 is 0 Å². The molecular formula is C17H12ClNO. The van der Waals surface area contributed by atoms with Gasteiger partial charge in [-0.25, -0.2) is 0 Å². The molecule has 0 aliphatic carbocycles. The molecule has 0 N–H and O–H groups in total. The first-order valence-electron chi connectivity index (χ1n) is 6.27. The van der Waals surface area contributed by atoms with E-state index in [-0.39, 0.29) is 0 Å². The van der Waals surface area contributed by atoms with Crippen LogP contribution in [-0.4, -0.2) is 4.98 Å². The van der Waals surface area contributed by atoms with Gasteiger partial charge in [-0.1, -0.05) is 29.8 Å². The first-order chi connectivity index (χ1) is 9.83. The van der Waals surface area contributed by atoms with E-state index in [1.54, 1.807) is 18.3 Å². The normalized spacial score (nSPS) is 10.2. The van der Waals surface area contributed by atoms with Gasteiger partial charge in [0.1, 0.15) is 11.5 Å². The molecule has 2 nitrogen and oxygen atoms in total. The Labute approximate surface area is 122 Å². The molecule has 0 fully saturated rings. The van der Waals surface area contributed by atoms with Crippen molar-refractivity contribution in [2.45, 2.75) is 0 Å². The summed E-state index contributed by atoms with van der Waals surface area (Å²) in [6, 6.07) is 21.0. The lowest BCUT2D eigenvalue weighted by Gasteiger charge is -2.10. The van der Waals surface area contributed by atoms with E-state index in [0.717, 1.165) is 22.8 Å². The fraction of sp³-hybridized carbons (Fsp3) is 0. The Kier molecular flexibility index (Phi) is 3.66. The number of nitrogens with zero attached hydrogens (tertiary/aromatic N) is 1. The summed E-state index contributed by atoms with van der Waals surface area (Å²) in [4.78, 5) is 4.36. The molecule has 1 heterocycles. The zero-order valence-corrected chi connectivity index (χ0v) is 11.4. The standard InChI is InChI=1S/C17H12ClNO/c18-13-8-10-14(11-9-13)20-17-7-2-1-5-15(17)16-6-3-4-12-19-16/h1-12H. The first-order valence-corrected chi connectivity index (χ1v) is 6.64. The molecule has 3 heteroatoms. The minimum Gasteiger partial charge on any atom is -0.457 e. The minimum atomic E-state index is 0.690. The quantitative estimate of drug-likeness (QED) is 0.659. The lowest BCUT2D eigenvalue weighted by atomic mass is 10.1. The van der Waals surface area contributed by atoms with Crippen LogP contribution in [0, 0.1) is 0 Å². The third-order valence-corrected chi connectivity index (χ3v) is 3.12. The number of rotatable bonds is 3. The smallest absolute Gasteiger partial charge is 0.136 e. The second-order valence-electron chi connectivity index (χ2n) is 4.27. The van der Waals surface area contributed by atoms with Gasteiger partial charge in [0, 0.05) is 16.8 Å². The van der Waals surface area contributed by atoms with Crippen LogP contribution < -0.4 is 4.74 Å². The number of halogens is 1. The molecule has 98 valence electrons. The summed E-state index contributed by atoms with van der Waals surface area (Å²) in [5.74, 6) is 1.52. The van der Waals surface area contributed by atoms with Crippen molar-refractivity contribution in [1.82, 2.24) is 4.98 Å². The van der Waals surface area contributed by atoms with Gasteiger partial charge in [0.25, 0.3) is 0 Å². The molecule has 0 atom stereocenters. The topological polar surface area (TPSA) is 22.1 Å². The molecule has 0 bridgehead atoms. The summed E-state index contributed by atoms with van der Waals surface area (Å²) >= 11 is 5.88. The van der Waals surface area contributed by atoms with Crippen LogP contribution in [-0.2, 0) is 0 Å².